The molecule has 0 N–H and O–H groups in total. The molecule has 0 unspecified atom stereocenters. The Morgan fingerprint density at radius 3 is 2.45 bits per heavy atom. The zero-order chi connectivity index (χ0) is 13.9. The van der Waals surface area contributed by atoms with E-state index in [1.165, 1.54) is 36.0 Å². The van der Waals surface area contributed by atoms with E-state index in [2.05, 4.69) is 50.2 Å². The van der Waals surface area contributed by atoms with E-state index < -0.39 is 0 Å². The van der Waals surface area contributed by atoms with Crippen LogP contribution in [0, 0.1) is 0 Å². The summed E-state index contributed by atoms with van der Waals surface area (Å²) in [5.41, 5.74) is 5.73. The molecule has 0 fully saturated rings. The van der Waals surface area contributed by atoms with Crippen LogP contribution in [0.25, 0.3) is 0 Å². The molecule has 0 saturated heterocycles. The maximum absolute atomic E-state index is 6.07. The number of hydrogen-bond acceptors (Lipinski definition) is 1. The second kappa shape index (κ2) is 5.70. The van der Waals surface area contributed by atoms with Crippen molar-refractivity contribution < 1.29 is 4.74 Å². The Labute approximate surface area is 121 Å². The molecule has 0 aliphatic heterocycles. The molecule has 0 spiro atoms. The van der Waals surface area contributed by atoms with Crippen LogP contribution in [-0.4, -0.2) is 0 Å². The smallest absolute Gasteiger partial charge is 0.123 e. The standard InChI is InChI=1S/C19H22O/c1-14(2)16-11-12-19(18-10-6-9-17(16)18)20-13-15-7-4-3-5-8-15/h3-5,7-8,11-12,14H,6,9-10,13H2,1-2H3. The van der Waals surface area contributed by atoms with Crippen LogP contribution in [0.4, 0.5) is 0 Å². The van der Waals surface area contributed by atoms with Crippen molar-refractivity contribution in [3.8, 4) is 5.75 Å². The Hall–Kier alpha value is -1.76. The molecule has 0 heterocycles. The molecule has 0 radical (unpaired) electrons. The second-order valence-corrected chi connectivity index (χ2v) is 5.89. The summed E-state index contributed by atoms with van der Waals surface area (Å²) in [5.74, 6) is 1.69. The Morgan fingerprint density at radius 1 is 0.950 bits per heavy atom. The molecule has 104 valence electrons. The van der Waals surface area contributed by atoms with Crippen LogP contribution in [0.2, 0.25) is 0 Å². The number of fused-ring (bicyclic) bond motifs is 1. The maximum atomic E-state index is 6.07. The van der Waals surface area contributed by atoms with Crippen LogP contribution in [0.15, 0.2) is 42.5 Å². The summed E-state index contributed by atoms with van der Waals surface area (Å²) in [5, 5.41) is 0. The lowest BCUT2D eigenvalue weighted by molar-refractivity contribution is 0.303. The molecule has 0 bridgehead atoms. The van der Waals surface area contributed by atoms with Gasteiger partial charge in [0, 0.05) is 0 Å². The quantitative estimate of drug-likeness (QED) is 0.766. The predicted octanol–water partition coefficient (Wildman–Crippen LogP) is 4.88. The van der Waals surface area contributed by atoms with Gasteiger partial charge in [0.1, 0.15) is 12.4 Å². The third-order valence-corrected chi connectivity index (χ3v) is 4.14. The molecule has 1 nitrogen and oxygen atoms in total. The third-order valence-electron chi connectivity index (χ3n) is 4.14. The van der Waals surface area contributed by atoms with E-state index in [1.807, 2.05) is 6.07 Å². The first-order valence-corrected chi connectivity index (χ1v) is 7.57. The highest BCUT2D eigenvalue weighted by Gasteiger charge is 2.20. The molecule has 1 aliphatic rings. The lowest BCUT2D eigenvalue weighted by Crippen LogP contribution is -2.01. The van der Waals surface area contributed by atoms with E-state index in [4.69, 9.17) is 4.74 Å². The van der Waals surface area contributed by atoms with Crippen molar-refractivity contribution in [1.29, 1.82) is 0 Å². The molecule has 20 heavy (non-hydrogen) atoms. The van der Waals surface area contributed by atoms with Crippen molar-refractivity contribution in [2.75, 3.05) is 0 Å². The summed E-state index contributed by atoms with van der Waals surface area (Å²) in [6.07, 6.45) is 3.65. The summed E-state index contributed by atoms with van der Waals surface area (Å²) in [6.45, 7) is 5.21. The summed E-state index contributed by atoms with van der Waals surface area (Å²) in [4.78, 5) is 0. The zero-order valence-corrected chi connectivity index (χ0v) is 12.4. The normalized spacial score (nSPS) is 13.6. The van der Waals surface area contributed by atoms with E-state index in [9.17, 15) is 0 Å². The molecule has 0 atom stereocenters. The largest absolute Gasteiger partial charge is 0.489 e. The highest BCUT2D eigenvalue weighted by Crippen LogP contribution is 2.36. The van der Waals surface area contributed by atoms with Gasteiger partial charge >= 0.3 is 0 Å². The minimum absolute atomic E-state index is 0.602. The molecule has 0 saturated carbocycles. The van der Waals surface area contributed by atoms with Gasteiger partial charge in [0.25, 0.3) is 0 Å². The van der Waals surface area contributed by atoms with Gasteiger partial charge in [-0.2, -0.15) is 0 Å². The Morgan fingerprint density at radius 2 is 1.70 bits per heavy atom. The van der Waals surface area contributed by atoms with Gasteiger partial charge in [0.15, 0.2) is 0 Å². The monoisotopic (exact) mass is 266 g/mol. The van der Waals surface area contributed by atoms with Crippen LogP contribution in [0.5, 0.6) is 5.75 Å². The minimum atomic E-state index is 0.602. The number of benzene rings is 2. The fraction of sp³-hybridized carbons (Fsp3) is 0.368. The predicted molar refractivity (Wildman–Crippen MR) is 83.3 cm³/mol. The molecular formula is C19H22O. The molecule has 3 rings (SSSR count). The van der Waals surface area contributed by atoms with Crippen LogP contribution in [-0.2, 0) is 19.4 Å². The third kappa shape index (κ3) is 2.58. The summed E-state index contributed by atoms with van der Waals surface area (Å²) < 4.78 is 6.07. The molecule has 1 heteroatoms. The van der Waals surface area contributed by atoms with E-state index in [0.717, 1.165) is 5.75 Å². The van der Waals surface area contributed by atoms with Gasteiger partial charge in [-0.25, -0.2) is 0 Å². The van der Waals surface area contributed by atoms with Crippen molar-refractivity contribution in [3.05, 3.63) is 64.7 Å². The van der Waals surface area contributed by atoms with Gasteiger partial charge in [-0.05, 0) is 53.5 Å². The van der Waals surface area contributed by atoms with Crippen molar-refractivity contribution in [2.45, 2.75) is 45.6 Å². The fourth-order valence-electron chi connectivity index (χ4n) is 3.11. The van der Waals surface area contributed by atoms with Gasteiger partial charge in [-0.3, -0.25) is 0 Å². The molecule has 2 aromatic rings. The van der Waals surface area contributed by atoms with Crippen LogP contribution >= 0.6 is 0 Å². The lowest BCUT2D eigenvalue weighted by atomic mass is 9.94. The topological polar surface area (TPSA) is 9.23 Å². The van der Waals surface area contributed by atoms with Gasteiger partial charge in [0.05, 0.1) is 0 Å². The Balaban J connectivity index is 1.83. The highest BCUT2D eigenvalue weighted by atomic mass is 16.5. The maximum Gasteiger partial charge on any atom is 0.123 e. The molecule has 0 aromatic heterocycles. The first-order valence-electron chi connectivity index (χ1n) is 7.57. The van der Waals surface area contributed by atoms with Crippen molar-refractivity contribution in [1.82, 2.24) is 0 Å². The van der Waals surface area contributed by atoms with E-state index in [1.54, 1.807) is 5.56 Å². The highest BCUT2D eigenvalue weighted by molar-refractivity contribution is 5.48. The fourth-order valence-corrected chi connectivity index (χ4v) is 3.11. The van der Waals surface area contributed by atoms with E-state index in [-0.39, 0.29) is 0 Å². The summed E-state index contributed by atoms with van der Waals surface area (Å²) in [6, 6.07) is 14.8. The molecule has 1 aliphatic carbocycles. The molecule has 0 amide bonds. The van der Waals surface area contributed by atoms with Crippen LogP contribution in [0.3, 0.4) is 0 Å². The van der Waals surface area contributed by atoms with Crippen molar-refractivity contribution in [2.24, 2.45) is 0 Å². The van der Waals surface area contributed by atoms with Gasteiger partial charge in [-0.1, -0.05) is 50.2 Å². The van der Waals surface area contributed by atoms with Gasteiger partial charge < -0.3 is 4.74 Å². The van der Waals surface area contributed by atoms with E-state index in [0.29, 0.717) is 12.5 Å². The SMILES string of the molecule is CC(C)c1ccc(OCc2ccccc2)c2c1CCC2. The molecular weight excluding hydrogens is 244 g/mol. The van der Waals surface area contributed by atoms with Crippen LogP contribution < -0.4 is 4.74 Å². The number of rotatable bonds is 4. The number of hydrogen-bond donors (Lipinski definition) is 0. The lowest BCUT2D eigenvalue weighted by Gasteiger charge is -2.16. The van der Waals surface area contributed by atoms with E-state index >= 15 is 0 Å². The summed E-state index contributed by atoms with van der Waals surface area (Å²) >= 11 is 0. The second-order valence-electron chi connectivity index (χ2n) is 5.89. The Bertz CT molecular complexity index is 584. The van der Waals surface area contributed by atoms with Gasteiger partial charge in [0.2, 0.25) is 0 Å². The average Bonchev–Trinajstić information content (AvgIpc) is 2.95. The Kier molecular flexibility index (Phi) is 3.77. The first-order chi connectivity index (χ1) is 9.75. The van der Waals surface area contributed by atoms with Crippen molar-refractivity contribution in [3.63, 3.8) is 0 Å². The average molecular weight is 266 g/mol. The zero-order valence-electron chi connectivity index (χ0n) is 12.4. The van der Waals surface area contributed by atoms with Crippen molar-refractivity contribution >= 4 is 0 Å². The molecule has 2 aromatic carbocycles. The number of ether oxygens (including phenoxy) is 1. The first kappa shape index (κ1) is 13.2. The van der Waals surface area contributed by atoms with Crippen LogP contribution in [0.1, 0.15) is 48.4 Å². The summed E-state index contributed by atoms with van der Waals surface area (Å²) in [7, 11) is 0. The minimum Gasteiger partial charge on any atom is -0.489 e. The van der Waals surface area contributed by atoms with Gasteiger partial charge in [-0.15, -0.1) is 0 Å².